The van der Waals surface area contributed by atoms with E-state index in [0.717, 1.165) is 38.5 Å². The third kappa shape index (κ3) is 12.5. The van der Waals surface area contributed by atoms with Crippen LogP contribution in [-0.2, 0) is 0 Å². The Labute approximate surface area is 242 Å². The van der Waals surface area contributed by atoms with Gasteiger partial charge in [0.25, 0.3) is 0 Å². The van der Waals surface area contributed by atoms with Gasteiger partial charge in [-0.25, -0.2) is 4.79 Å². The van der Waals surface area contributed by atoms with Gasteiger partial charge in [0.05, 0.1) is 13.2 Å². The smallest absolute Gasteiger partial charge is 0.383 e. The van der Waals surface area contributed by atoms with Crippen molar-refractivity contribution in [1.82, 2.24) is 0 Å². The van der Waals surface area contributed by atoms with E-state index in [1.54, 1.807) is 6.07 Å². The number of benzene rings is 1. The van der Waals surface area contributed by atoms with Gasteiger partial charge >= 0.3 is 5.63 Å². The molecule has 40 heavy (non-hydrogen) atoms. The summed E-state index contributed by atoms with van der Waals surface area (Å²) in [6, 6.07) is 5.50. The zero-order valence-corrected chi connectivity index (χ0v) is 25.7. The van der Waals surface area contributed by atoms with E-state index in [-0.39, 0.29) is 5.75 Å². The van der Waals surface area contributed by atoms with E-state index < -0.39 is 5.63 Å². The third-order valence-electron chi connectivity index (χ3n) is 6.75. The van der Waals surface area contributed by atoms with Gasteiger partial charge in [0, 0.05) is 0 Å². The maximum atomic E-state index is 13.0. The molecule has 0 aliphatic heterocycles. The molecule has 2 rings (SSSR count). The zero-order valence-electron chi connectivity index (χ0n) is 25.7. The van der Waals surface area contributed by atoms with Crippen LogP contribution in [0.15, 0.2) is 62.9 Å². The molecule has 0 amide bonds. The maximum absolute atomic E-state index is 13.0. The predicted octanol–water partition coefficient (Wildman–Crippen LogP) is 10.1. The standard InChI is InChI=1S/C35H52O5/c1-6-8-10-12-13-14-15-17-26-38-34-33(39-27-24-29(5)21-18-20-28(3)4)32-30(37-25-16-11-9-7-2)22-19-23-31(32)40-35(34)36/h9,11,19-20,22-24H,6-8,10,12-18,21,25-27H2,1-5H3/b11-9+,29-24+. The second-order valence-electron chi connectivity index (χ2n) is 10.7. The molecule has 0 atom stereocenters. The first kappa shape index (κ1) is 33.3. The van der Waals surface area contributed by atoms with E-state index in [4.69, 9.17) is 18.6 Å². The van der Waals surface area contributed by atoms with Crippen LogP contribution in [0.4, 0.5) is 0 Å². The Bertz CT molecular complexity index is 1130. The molecule has 0 aliphatic rings. The van der Waals surface area contributed by atoms with Crippen LogP contribution in [0.1, 0.15) is 112 Å². The van der Waals surface area contributed by atoms with Crippen molar-refractivity contribution in [3.63, 3.8) is 0 Å². The molecule has 1 heterocycles. The third-order valence-corrected chi connectivity index (χ3v) is 6.75. The molecule has 0 radical (unpaired) electrons. The fraction of sp³-hybridized carbons (Fsp3) is 0.571. The average Bonchev–Trinajstić information content (AvgIpc) is 2.92. The van der Waals surface area contributed by atoms with Crippen LogP contribution in [0.5, 0.6) is 17.2 Å². The average molecular weight is 553 g/mol. The molecule has 2 aromatic rings. The molecule has 0 aliphatic carbocycles. The first-order chi connectivity index (χ1) is 19.5. The minimum absolute atomic E-state index is 0.132. The fourth-order valence-electron chi connectivity index (χ4n) is 4.44. The highest BCUT2D eigenvalue weighted by atomic mass is 16.5. The molecule has 222 valence electrons. The molecular formula is C35H52O5. The number of rotatable bonds is 21. The zero-order chi connectivity index (χ0) is 29.0. The van der Waals surface area contributed by atoms with Crippen LogP contribution in [0.3, 0.4) is 0 Å². The normalized spacial score (nSPS) is 11.8. The van der Waals surface area contributed by atoms with Crippen LogP contribution in [0.2, 0.25) is 0 Å². The van der Waals surface area contributed by atoms with Gasteiger partial charge in [-0.1, -0.05) is 94.2 Å². The van der Waals surface area contributed by atoms with Gasteiger partial charge in [0.2, 0.25) is 5.75 Å². The monoisotopic (exact) mass is 552 g/mol. The van der Waals surface area contributed by atoms with Gasteiger partial charge in [-0.2, -0.15) is 0 Å². The van der Waals surface area contributed by atoms with Crippen molar-refractivity contribution in [2.75, 3.05) is 19.8 Å². The molecule has 1 aromatic heterocycles. The molecule has 0 N–H and O–H groups in total. The van der Waals surface area contributed by atoms with Crippen molar-refractivity contribution in [1.29, 1.82) is 0 Å². The number of hydrogen-bond acceptors (Lipinski definition) is 5. The highest BCUT2D eigenvalue weighted by molar-refractivity contribution is 5.91. The van der Waals surface area contributed by atoms with Crippen molar-refractivity contribution in [3.8, 4) is 17.2 Å². The summed E-state index contributed by atoms with van der Waals surface area (Å²) < 4.78 is 24.1. The van der Waals surface area contributed by atoms with Crippen molar-refractivity contribution >= 4 is 11.0 Å². The van der Waals surface area contributed by atoms with Gasteiger partial charge < -0.3 is 18.6 Å². The Morgan fingerprint density at radius 2 is 1.55 bits per heavy atom. The van der Waals surface area contributed by atoms with Gasteiger partial charge in [-0.15, -0.1) is 0 Å². The minimum atomic E-state index is -0.519. The van der Waals surface area contributed by atoms with Crippen molar-refractivity contribution < 1.29 is 18.6 Å². The first-order valence-electron chi connectivity index (χ1n) is 15.4. The van der Waals surface area contributed by atoms with Crippen LogP contribution in [0, 0.1) is 0 Å². The summed E-state index contributed by atoms with van der Waals surface area (Å²) in [6.07, 6.45) is 21.9. The van der Waals surface area contributed by atoms with Crippen molar-refractivity contribution in [2.45, 2.75) is 112 Å². The Morgan fingerprint density at radius 3 is 2.27 bits per heavy atom. The van der Waals surface area contributed by atoms with Crippen molar-refractivity contribution in [2.24, 2.45) is 0 Å². The summed E-state index contributed by atoms with van der Waals surface area (Å²) in [5, 5.41) is 0.642. The highest BCUT2D eigenvalue weighted by Gasteiger charge is 2.21. The Morgan fingerprint density at radius 1 is 0.800 bits per heavy atom. The molecule has 0 fully saturated rings. The number of hydrogen-bond donors (Lipinski definition) is 0. The molecular weight excluding hydrogens is 500 g/mol. The topological polar surface area (TPSA) is 57.9 Å². The summed E-state index contributed by atoms with van der Waals surface area (Å²) in [5.74, 6) is 1.16. The molecule has 0 bridgehead atoms. The SMILES string of the molecule is CC/C=C/CCOc1cccc2oc(=O)c(OCCCCCCCCCC)c(OC/C=C(\C)CCC=C(C)C)c12. The molecule has 0 saturated heterocycles. The van der Waals surface area contributed by atoms with E-state index in [1.807, 2.05) is 12.1 Å². The molecule has 5 nitrogen and oxygen atoms in total. The summed E-state index contributed by atoms with van der Waals surface area (Å²) in [4.78, 5) is 13.0. The quantitative estimate of drug-likeness (QED) is 0.0876. The van der Waals surface area contributed by atoms with Crippen LogP contribution < -0.4 is 19.8 Å². The molecule has 0 saturated carbocycles. The first-order valence-corrected chi connectivity index (χ1v) is 15.4. The van der Waals surface area contributed by atoms with Gasteiger partial charge in [0.15, 0.2) is 5.75 Å². The van der Waals surface area contributed by atoms with E-state index >= 15 is 0 Å². The minimum Gasteiger partial charge on any atom is -0.492 e. The summed E-state index contributed by atoms with van der Waals surface area (Å²) in [5.41, 5.74) is 2.48. The summed E-state index contributed by atoms with van der Waals surface area (Å²) >= 11 is 0. The lowest BCUT2D eigenvalue weighted by atomic mass is 10.1. The predicted molar refractivity (Wildman–Crippen MR) is 168 cm³/mol. The van der Waals surface area contributed by atoms with Crippen LogP contribution in [0.25, 0.3) is 11.0 Å². The van der Waals surface area contributed by atoms with Crippen molar-refractivity contribution in [3.05, 3.63) is 64.1 Å². The van der Waals surface area contributed by atoms with E-state index in [9.17, 15) is 4.79 Å². The molecule has 0 unspecified atom stereocenters. The fourth-order valence-corrected chi connectivity index (χ4v) is 4.44. The summed E-state index contributed by atoms with van der Waals surface area (Å²) in [6.45, 7) is 12.0. The number of ether oxygens (including phenoxy) is 3. The lowest BCUT2D eigenvalue weighted by molar-refractivity contribution is 0.263. The Balaban J connectivity index is 2.21. The lowest BCUT2D eigenvalue weighted by Gasteiger charge is -2.16. The van der Waals surface area contributed by atoms with E-state index in [0.29, 0.717) is 42.3 Å². The Hall–Kier alpha value is -2.95. The second kappa shape index (κ2) is 20.0. The number of allylic oxidation sites excluding steroid dienone is 4. The number of fused-ring (bicyclic) bond motifs is 1. The van der Waals surface area contributed by atoms with Gasteiger partial charge in [0.1, 0.15) is 23.3 Å². The maximum Gasteiger partial charge on any atom is 0.383 e. The largest absolute Gasteiger partial charge is 0.492 e. The molecule has 5 heteroatoms. The number of unbranched alkanes of at least 4 members (excludes halogenated alkanes) is 7. The molecule has 1 aromatic carbocycles. The second-order valence-corrected chi connectivity index (χ2v) is 10.7. The Kier molecular flexibility index (Phi) is 16.6. The van der Waals surface area contributed by atoms with Gasteiger partial charge in [-0.3, -0.25) is 0 Å². The van der Waals surface area contributed by atoms with E-state index in [1.165, 1.54) is 49.7 Å². The van der Waals surface area contributed by atoms with Gasteiger partial charge in [-0.05, 0) is 71.1 Å². The molecule has 0 spiro atoms. The highest BCUT2D eigenvalue weighted by Crippen LogP contribution is 2.39. The van der Waals surface area contributed by atoms with E-state index in [2.05, 4.69) is 58.9 Å². The lowest BCUT2D eigenvalue weighted by Crippen LogP contribution is -2.12. The summed E-state index contributed by atoms with van der Waals surface area (Å²) in [7, 11) is 0. The van der Waals surface area contributed by atoms with Crippen LogP contribution in [-0.4, -0.2) is 19.8 Å². The van der Waals surface area contributed by atoms with Crippen LogP contribution >= 0.6 is 0 Å².